The summed E-state index contributed by atoms with van der Waals surface area (Å²) in [4.78, 5) is 4.00. The van der Waals surface area contributed by atoms with Crippen molar-refractivity contribution in [1.82, 2.24) is 9.71 Å². The Hall–Kier alpha value is -1.14. The molecule has 5 nitrogen and oxygen atoms in total. The van der Waals surface area contributed by atoms with Gasteiger partial charge in [0.15, 0.2) is 0 Å². The predicted molar refractivity (Wildman–Crippen MR) is 75.0 cm³/mol. The number of hydrogen-bond acceptors (Lipinski definition) is 4. The van der Waals surface area contributed by atoms with Crippen LogP contribution in [0.4, 0.5) is 5.82 Å². The minimum absolute atomic E-state index is 0.00584. The quantitative estimate of drug-likeness (QED) is 0.887. The van der Waals surface area contributed by atoms with Gasteiger partial charge in [-0.05, 0) is 36.8 Å². The lowest BCUT2D eigenvalue weighted by Crippen LogP contribution is -2.40. The number of rotatable bonds is 3. The van der Waals surface area contributed by atoms with E-state index in [9.17, 15) is 8.42 Å². The van der Waals surface area contributed by atoms with Gasteiger partial charge in [0.2, 0.25) is 10.0 Å². The summed E-state index contributed by atoms with van der Waals surface area (Å²) >= 11 is 0. The fourth-order valence-electron chi connectivity index (χ4n) is 2.64. The topological polar surface area (TPSA) is 85.1 Å². The van der Waals surface area contributed by atoms with Crippen LogP contribution in [-0.4, -0.2) is 19.4 Å². The lowest BCUT2D eigenvalue weighted by atomic mass is 9.75. The van der Waals surface area contributed by atoms with E-state index in [0.717, 1.165) is 25.7 Å². The molecule has 1 heterocycles. The first-order valence-corrected chi connectivity index (χ1v) is 8.01. The van der Waals surface area contributed by atoms with Crippen molar-refractivity contribution in [3.63, 3.8) is 0 Å². The van der Waals surface area contributed by atoms with Gasteiger partial charge in [-0.25, -0.2) is 18.1 Å². The van der Waals surface area contributed by atoms with Gasteiger partial charge in [-0.2, -0.15) is 0 Å². The Morgan fingerprint density at radius 3 is 2.74 bits per heavy atom. The molecule has 0 spiro atoms. The van der Waals surface area contributed by atoms with Crippen molar-refractivity contribution in [3.8, 4) is 0 Å². The minimum atomic E-state index is -3.49. The van der Waals surface area contributed by atoms with Gasteiger partial charge in [-0.1, -0.05) is 20.3 Å². The maximum atomic E-state index is 12.2. The number of pyridine rings is 1. The zero-order valence-corrected chi connectivity index (χ0v) is 12.2. The highest BCUT2D eigenvalue weighted by Gasteiger charge is 2.30. The minimum Gasteiger partial charge on any atom is -0.384 e. The molecule has 0 amide bonds. The van der Waals surface area contributed by atoms with Crippen LogP contribution in [0.3, 0.4) is 0 Å². The van der Waals surface area contributed by atoms with Crippen LogP contribution in [0.1, 0.15) is 39.5 Å². The van der Waals surface area contributed by atoms with E-state index in [1.807, 2.05) is 0 Å². The van der Waals surface area contributed by atoms with Crippen molar-refractivity contribution >= 4 is 15.8 Å². The molecular formula is C13H21N3O2S. The van der Waals surface area contributed by atoms with E-state index in [2.05, 4.69) is 23.6 Å². The van der Waals surface area contributed by atoms with Crippen LogP contribution in [0.25, 0.3) is 0 Å². The van der Waals surface area contributed by atoms with Crippen LogP contribution in [0.2, 0.25) is 0 Å². The van der Waals surface area contributed by atoms with Crippen molar-refractivity contribution in [3.05, 3.63) is 18.3 Å². The molecule has 1 aliphatic carbocycles. The van der Waals surface area contributed by atoms with Crippen molar-refractivity contribution in [1.29, 1.82) is 0 Å². The molecule has 1 unspecified atom stereocenters. The number of aromatic nitrogens is 1. The molecule has 19 heavy (non-hydrogen) atoms. The average molecular weight is 283 g/mol. The van der Waals surface area contributed by atoms with Crippen LogP contribution in [-0.2, 0) is 10.0 Å². The van der Waals surface area contributed by atoms with Gasteiger partial charge >= 0.3 is 0 Å². The molecule has 1 atom stereocenters. The summed E-state index contributed by atoms with van der Waals surface area (Å²) in [6.45, 7) is 4.36. The molecule has 1 aromatic heterocycles. The van der Waals surface area contributed by atoms with Gasteiger partial charge in [-0.15, -0.1) is 0 Å². The maximum absolute atomic E-state index is 12.2. The number of nitrogens with one attached hydrogen (secondary N) is 1. The summed E-state index contributed by atoms with van der Waals surface area (Å²) in [6.07, 6.45) is 5.26. The smallest absolute Gasteiger partial charge is 0.242 e. The zero-order valence-electron chi connectivity index (χ0n) is 11.4. The fraction of sp³-hybridized carbons (Fsp3) is 0.615. The van der Waals surface area contributed by atoms with Crippen LogP contribution in [0.5, 0.6) is 0 Å². The molecule has 1 aromatic rings. The SMILES string of the molecule is CC1(C)CCCC(NS(=O)(=O)c2ccc(N)nc2)C1. The lowest BCUT2D eigenvalue weighted by Gasteiger charge is -2.35. The lowest BCUT2D eigenvalue weighted by molar-refractivity contribution is 0.212. The number of sulfonamides is 1. The Kier molecular flexibility index (Phi) is 3.82. The molecule has 3 N–H and O–H groups in total. The molecule has 0 aromatic carbocycles. The van der Waals surface area contributed by atoms with Crippen LogP contribution in [0, 0.1) is 5.41 Å². The summed E-state index contributed by atoms with van der Waals surface area (Å²) in [6, 6.07) is 2.99. The second-order valence-corrected chi connectivity index (χ2v) is 7.71. The summed E-state index contributed by atoms with van der Waals surface area (Å²) in [5, 5.41) is 0. The molecule has 1 saturated carbocycles. The molecule has 2 rings (SSSR count). The van der Waals surface area contributed by atoms with Gasteiger partial charge in [0.25, 0.3) is 0 Å². The van der Waals surface area contributed by atoms with Crippen LogP contribution >= 0.6 is 0 Å². The summed E-state index contributed by atoms with van der Waals surface area (Å²) in [7, 11) is -3.49. The molecule has 6 heteroatoms. The second-order valence-electron chi connectivity index (χ2n) is 6.00. The Bertz CT molecular complexity index is 538. The highest BCUT2D eigenvalue weighted by Crippen LogP contribution is 2.35. The monoisotopic (exact) mass is 283 g/mol. The van der Waals surface area contributed by atoms with E-state index in [-0.39, 0.29) is 16.4 Å². The second kappa shape index (κ2) is 5.09. The van der Waals surface area contributed by atoms with Gasteiger partial charge in [0.1, 0.15) is 10.7 Å². The van der Waals surface area contributed by atoms with Crippen molar-refractivity contribution in [2.45, 2.75) is 50.5 Å². The Morgan fingerprint density at radius 2 is 2.16 bits per heavy atom. The van der Waals surface area contributed by atoms with Crippen LogP contribution in [0.15, 0.2) is 23.2 Å². The molecule has 0 aliphatic heterocycles. The van der Waals surface area contributed by atoms with Gasteiger partial charge < -0.3 is 5.73 Å². The molecule has 0 radical (unpaired) electrons. The number of nitrogens with two attached hydrogens (primary N) is 1. The van der Waals surface area contributed by atoms with Gasteiger partial charge in [-0.3, -0.25) is 0 Å². The first-order chi connectivity index (χ1) is 8.78. The maximum Gasteiger partial charge on any atom is 0.242 e. The zero-order chi connectivity index (χ0) is 14.1. The average Bonchev–Trinajstić information content (AvgIpc) is 2.27. The van der Waals surface area contributed by atoms with E-state index < -0.39 is 10.0 Å². The largest absolute Gasteiger partial charge is 0.384 e. The number of nitrogen functional groups attached to an aromatic ring is 1. The highest BCUT2D eigenvalue weighted by atomic mass is 32.2. The summed E-state index contributed by atoms with van der Waals surface area (Å²) in [5.41, 5.74) is 5.66. The summed E-state index contributed by atoms with van der Waals surface area (Å²) < 4.78 is 27.2. The normalized spacial score (nSPS) is 23.2. The molecule has 0 bridgehead atoms. The standard InChI is InChI=1S/C13H21N3O2S/c1-13(2)7-3-4-10(8-13)16-19(17,18)11-5-6-12(14)15-9-11/h5-6,9-10,16H,3-4,7-8H2,1-2H3,(H2,14,15). The van der Waals surface area contributed by atoms with Crippen molar-refractivity contribution < 1.29 is 8.42 Å². The highest BCUT2D eigenvalue weighted by molar-refractivity contribution is 7.89. The number of hydrogen-bond donors (Lipinski definition) is 2. The molecule has 0 saturated heterocycles. The van der Waals surface area contributed by atoms with E-state index in [1.54, 1.807) is 0 Å². The molecule has 1 fully saturated rings. The van der Waals surface area contributed by atoms with E-state index in [0.29, 0.717) is 5.82 Å². The fourth-order valence-corrected chi connectivity index (χ4v) is 3.85. The van der Waals surface area contributed by atoms with Crippen molar-refractivity contribution in [2.75, 3.05) is 5.73 Å². The van der Waals surface area contributed by atoms with Crippen molar-refractivity contribution in [2.24, 2.45) is 5.41 Å². The Morgan fingerprint density at radius 1 is 1.42 bits per heavy atom. The first kappa shape index (κ1) is 14.3. The first-order valence-electron chi connectivity index (χ1n) is 6.52. The molecular weight excluding hydrogens is 262 g/mol. The van der Waals surface area contributed by atoms with Gasteiger partial charge in [0.05, 0.1) is 0 Å². The van der Waals surface area contributed by atoms with E-state index in [4.69, 9.17) is 5.73 Å². The van der Waals surface area contributed by atoms with Crippen LogP contribution < -0.4 is 10.5 Å². The predicted octanol–water partition coefficient (Wildman–Crippen LogP) is 1.91. The Balaban J connectivity index is 2.11. The molecule has 1 aliphatic rings. The number of anilines is 1. The third kappa shape index (κ3) is 3.67. The molecule has 106 valence electrons. The number of nitrogens with zero attached hydrogens (tertiary/aromatic N) is 1. The summed E-state index contributed by atoms with van der Waals surface area (Å²) in [5.74, 6) is 0.317. The van der Waals surface area contributed by atoms with E-state index >= 15 is 0 Å². The third-order valence-electron chi connectivity index (χ3n) is 3.60. The third-order valence-corrected chi connectivity index (χ3v) is 5.10. The Labute approximate surface area is 114 Å². The van der Waals surface area contributed by atoms with E-state index in [1.165, 1.54) is 18.3 Å². The van der Waals surface area contributed by atoms with Gasteiger partial charge in [0, 0.05) is 12.2 Å².